The summed E-state index contributed by atoms with van der Waals surface area (Å²) < 4.78 is 0.428. The molecular weight excluding hydrogens is 318 g/mol. The fraction of sp³-hybridized carbons (Fsp3) is 0.375. The monoisotopic (exact) mass is 323 g/mol. The summed E-state index contributed by atoms with van der Waals surface area (Å²) in [5.74, 6) is -0.851. The zero-order valence-electron chi connectivity index (χ0n) is 7.34. The molecule has 6 heteroatoms. The van der Waals surface area contributed by atoms with Crippen LogP contribution < -0.4 is 0 Å². The van der Waals surface area contributed by atoms with Crippen molar-refractivity contribution in [2.24, 2.45) is 0 Å². The summed E-state index contributed by atoms with van der Waals surface area (Å²) in [5, 5.41) is 0. The Labute approximate surface area is 97.6 Å². The number of nitrogens with zero attached hydrogens (tertiary/aromatic N) is 1. The number of carbonyl (C=O) groups excluding carboxylic acids is 3. The van der Waals surface area contributed by atoms with Crippen LogP contribution >= 0.6 is 31.9 Å². The van der Waals surface area contributed by atoms with Crippen LogP contribution in [-0.2, 0) is 14.4 Å². The van der Waals surface area contributed by atoms with E-state index in [2.05, 4.69) is 31.9 Å². The van der Waals surface area contributed by atoms with Gasteiger partial charge < -0.3 is 0 Å². The molecule has 0 radical (unpaired) electrons. The van der Waals surface area contributed by atoms with Crippen molar-refractivity contribution in [3.63, 3.8) is 0 Å². The molecule has 0 fully saturated rings. The highest BCUT2D eigenvalue weighted by Crippen LogP contribution is 2.29. The van der Waals surface area contributed by atoms with Crippen LogP contribution in [0.25, 0.3) is 0 Å². The molecule has 0 atom stereocenters. The topological polar surface area (TPSA) is 54.5 Å². The van der Waals surface area contributed by atoms with Crippen molar-refractivity contribution in [2.75, 3.05) is 6.54 Å². The molecule has 0 aromatic heterocycles. The Kier molecular flexibility index (Phi) is 3.60. The number of rotatable bonds is 3. The van der Waals surface area contributed by atoms with Crippen LogP contribution in [-0.4, -0.2) is 29.0 Å². The minimum Gasteiger partial charge on any atom is -0.300 e. The van der Waals surface area contributed by atoms with Crippen molar-refractivity contribution >= 4 is 49.5 Å². The molecule has 0 saturated heterocycles. The number of carbonyl (C=O) groups is 3. The van der Waals surface area contributed by atoms with Crippen molar-refractivity contribution in [1.82, 2.24) is 4.90 Å². The third kappa shape index (κ3) is 2.12. The second-order valence-electron chi connectivity index (χ2n) is 2.84. The van der Waals surface area contributed by atoms with Gasteiger partial charge in [-0.3, -0.25) is 19.3 Å². The van der Waals surface area contributed by atoms with Crippen LogP contribution in [0.2, 0.25) is 0 Å². The van der Waals surface area contributed by atoms with Gasteiger partial charge in [-0.2, -0.15) is 0 Å². The highest BCUT2D eigenvalue weighted by Gasteiger charge is 2.35. The predicted molar refractivity (Wildman–Crippen MR) is 56.9 cm³/mol. The van der Waals surface area contributed by atoms with E-state index in [0.29, 0.717) is 0 Å². The van der Waals surface area contributed by atoms with E-state index in [1.807, 2.05) is 0 Å². The van der Waals surface area contributed by atoms with E-state index in [4.69, 9.17) is 0 Å². The van der Waals surface area contributed by atoms with E-state index in [1.54, 1.807) is 0 Å². The maximum Gasteiger partial charge on any atom is 0.269 e. The Bertz CT molecular complexity index is 324. The Hall–Kier alpha value is -0.490. The average molecular weight is 325 g/mol. The maximum atomic E-state index is 11.4. The number of hydrogen-bond acceptors (Lipinski definition) is 3. The van der Waals surface area contributed by atoms with Crippen molar-refractivity contribution in [3.8, 4) is 0 Å². The molecule has 76 valence electrons. The van der Waals surface area contributed by atoms with E-state index in [9.17, 15) is 14.4 Å². The van der Waals surface area contributed by atoms with Crippen LogP contribution in [0.5, 0.6) is 0 Å². The van der Waals surface area contributed by atoms with Gasteiger partial charge in [-0.1, -0.05) is 0 Å². The largest absolute Gasteiger partial charge is 0.300 e. The molecule has 4 nitrogen and oxygen atoms in total. The lowest BCUT2D eigenvalue weighted by atomic mass is 10.3. The van der Waals surface area contributed by atoms with Crippen LogP contribution in [0.15, 0.2) is 8.96 Å². The fourth-order valence-electron chi connectivity index (χ4n) is 0.989. The molecular formula is C8H7Br2NO3. The smallest absolute Gasteiger partial charge is 0.269 e. The minimum absolute atomic E-state index is 0.0512. The lowest BCUT2D eigenvalue weighted by Crippen LogP contribution is -2.32. The summed E-state index contributed by atoms with van der Waals surface area (Å²) in [4.78, 5) is 34.5. The maximum absolute atomic E-state index is 11.4. The SMILES string of the molecule is CC(=O)CCN1C(=O)C(Br)=C(Br)C1=O. The van der Waals surface area contributed by atoms with Crippen LogP contribution in [0.4, 0.5) is 0 Å². The quantitative estimate of drug-likeness (QED) is 0.736. The van der Waals surface area contributed by atoms with Crippen LogP contribution in [0.3, 0.4) is 0 Å². The third-order valence-electron chi connectivity index (χ3n) is 1.75. The lowest BCUT2D eigenvalue weighted by molar-refractivity contribution is -0.137. The van der Waals surface area contributed by atoms with Gasteiger partial charge in [0, 0.05) is 13.0 Å². The van der Waals surface area contributed by atoms with Crippen molar-refractivity contribution in [2.45, 2.75) is 13.3 Å². The van der Waals surface area contributed by atoms with Gasteiger partial charge in [0.2, 0.25) is 0 Å². The molecule has 2 amide bonds. The van der Waals surface area contributed by atoms with E-state index in [-0.39, 0.29) is 27.7 Å². The first-order valence-electron chi connectivity index (χ1n) is 3.86. The van der Waals surface area contributed by atoms with Crippen LogP contribution in [0, 0.1) is 0 Å². The van der Waals surface area contributed by atoms with Gasteiger partial charge in [-0.15, -0.1) is 0 Å². The Morgan fingerprint density at radius 2 is 1.64 bits per heavy atom. The van der Waals surface area contributed by atoms with Gasteiger partial charge in [-0.25, -0.2) is 0 Å². The molecule has 0 aliphatic carbocycles. The molecule has 0 aromatic rings. The number of Topliss-reactive ketones (excluding diaryl/α,β-unsaturated/α-hetero) is 1. The average Bonchev–Trinajstić information content (AvgIpc) is 2.29. The number of imide groups is 1. The Morgan fingerprint density at radius 1 is 1.21 bits per heavy atom. The summed E-state index contributed by atoms with van der Waals surface area (Å²) in [6, 6.07) is 0. The molecule has 0 bridgehead atoms. The second-order valence-corrected chi connectivity index (χ2v) is 4.43. The molecule has 0 unspecified atom stereocenters. The molecule has 1 aliphatic rings. The number of hydrogen-bond donors (Lipinski definition) is 0. The van der Waals surface area contributed by atoms with E-state index >= 15 is 0 Å². The molecule has 1 aliphatic heterocycles. The molecule has 1 rings (SSSR count). The molecule has 14 heavy (non-hydrogen) atoms. The summed E-state index contributed by atoms with van der Waals surface area (Å²) >= 11 is 5.99. The van der Waals surface area contributed by atoms with Gasteiger partial charge >= 0.3 is 0 Å². The first-order valence-corrected chi connectivity index (χ1v) is 5.44. The fourth-order valence-corrected chi connectivity index (χ4v) is 1.76. The lowest BCUT2D eigenvalue weighted by Gasteiger charge is -2.12. The van der Waals surface area contributed by atoms with Crippen molar-refractivity contribution < 1.29 is 14.4 Å². The first kappa shape index (κ1) is 11.6. The highest BCUT2D eigenvalue weighted by atomic mass is 79.9. The minimum atomic E-state index is -0.400. The highest BCUT2D eigenvalue weighted by molar-refractivity contribution is 9.14. The molecule has 0 spiro atoms. The summed E-state index contributed by atoms with van der Waals surface area (Å²) in [6.07, 6.45) is 0.192. The van der Waals surface area contributed by atoms with Crippen molar-refractivity contribution in [1.29, 1.82) is 0 Å². The normalized spacial score (nSPS) is 16.9. The van der Waals surface area contributed by atoms with Gasteiger partial charge in [0.1, 0.15) is 14.7 Å². The van der Waals surface area contributed by atoms with E-state index in [0.717, 1.165) is 4.90 Å². The Morgan fingerprint density at radius 3 is 2.00 bits per heavy atom. The first-order chi connectivity index (χ1) is 6.45. The standard InChI is InChI=1S/C8H7Br2NO3/c1-4(12)2-3-11-7(13)5(9)6(10)8(11)14/h2-3H2,1H3. The van der Waals surface area contributed by atoms with Gasteiger partial charge in [0.05, 0.1) is 0 Å². The van der Waals surface area contributed by atoms with E-state index < -0.39 is 11.8 Å². The zero-order valence-corrected chi connectivity index (χ0v) is 10.5. The van der Waals surface area contributed by atoms with E-state index in [1.165, 1.54) is 6.92 Å². The summed E-state index contributed by atoms with van der Waals surface area (Å²) in [6.45, 7) is 1.56. The zero-order chi connectivity index (χ0) is 10.9. The number of ketones is 1. The van der Waals surface area contributed by atoms with Gasteiger partial charge in [0.15, 0.2) is 0 Å². The molecule has 0 saturated carbocycles. The molecule has 1 heterocycles. The van der Waals surface area contributed by atoms with Gasteiger partial charge in [0.25, 0.3) is 11.8 Å². The number of amides is 2. The number of halogens is 2. The Balaban J connectivity index is 2.72. The molecule has 0 N–H and O–H groups in total. The third-order valence-corrected chi connectivity index (χ3v) is 3.75. The summed E-state index contributed by atoms with van der Waals surface area (Å²) in [7, 11) is 0. The molecule has 0 aromatic carbocycles. The predicted octanol–water partition coefficient (Wildman–Crippen LogP) is 1.34. The van der Waals surface area contributed by atoms with Crippen LogP contribution in [0.1, 0.15) is 13.3 Å². The van der Waals surface area contributed by atoms with Crippen molar-refractivity contribution in [3.05, 3.63) is 8.96 Å². The summed E-state index contributed by atoms with van der Waals surface area (Å²) in [5.41, 5.74) is 0. The second kappa shape index (κ2) is 4.35. The van der Waals surface area contributed by atoms with Gasteiger partial charge in [-0.05, 0) is 38.8 Å².